The molecule has 0 saturated carbocycles. The van der Waals surface area contributed by atoms with Crippen LogP contribution >= 0.6 is 11.3 Å². The molecule has 0 aliphatic rings. The lowest BCUT2D eigenvalue weighted by Gasteiger charge is -2.25. The number of hydrogen-bond acceptors (Lipinski definition) is 5. The minimum Gasteiger partial charge on any atom is -0.381 e. The molecule has 2 aromatic rings. The van der Waals surface area contributed by atoms with Crippen LogP contribution in [0, 0.1) is 0 Å². The first-order chi connectivity index (χ1) is 8.93. The van der Waals surface area contributed by atoms with Crippen LogP contribution in [-0.4, -0.2) is 35.2 Å². The van der Waals surface area contributed by atoms with Crippen LogP contribution in [0.5, 0.6) is 0 Å². The Kier molecular flexibility index (Phi) is 3.84. The Labute approximate surface area is 116 Å². The molecule has 0 fully saturated rings. The first kappa shape index (κ1) is 14.3. The van der Waals surface area contributed by atoms with Crippen molar-refractivity contribution in [1.82, 2.24) is 13.7 Å². The van der Waals surface area contributed by atoms with E-state index >= 15 is 0 Å². The topological polar surface area (TPSA) is 80.7 Å². The van der Waals surface area contributed by atoms with Crippen molar-refractivity contribution in [2.24, 2.45) is 0 Å². The average molecular weight is 302 g/mol. The Morgan fingerprint density at radius 3 is 2.68 bits per heavy atom. The molecule has 2 aromatic heterocycles. The Morgan fingerprint density at radius 1 is 1.47 bits per heavy atom. The van der Waals surface area contributed by atoms with Gasteiger partial charge in [0, 0.05) is 24.7 Å². The van der Waals surface area contributed by atoms with Crippen LogP contribution in [0.1, 0.15) is 26.7 Å². The van der Waals surface area contributed by atoms with E-state index in [4.69, 9.17) is 5.73 Å². The molecule has 106 valence electrons. The summed E-state index contributed by atoms with van der Waals surface area (Å²) < 4.78 is 28.3. The third-order valence-corrected chi connectivity index (χ3v) is 6.03. The third kappa shape index (κ3) is 2.24. The first-order valence-electron chi connectivity index (χ1n) is 6.12. The molecule has 0 bridgehead atoms. The normalized spacial score (nSPS) is 12.9. The van der Waals surface area contributed by atoms with Crippen LogP contribution < -0.4 is 5.73 Å². The number of anilines is 1. The van der Waals surface area contributed by atoms with Gasteiger partial charge in [0.25, 0.3) is 10.0 Å². The molecule has 0 radical (unpaired) electrons. The number of aromatic nitrogens is 2. The van der Waals surface area contributed by atoms with Crippen molar-refractivity contribution in [2.75, 3.05) is 12.8 Å². The molecular weight excluding hydrogens is 284 g/mol. The maximum atomic E-state index is 12.7. The summed E-state index contributed by atoms with van der Waals surface area (Å²) in [6.07, 6.45) is 3.20. The predicted octanol–water partition coefficient (Wildman–Crippen LogP) is 1.79. The van der Waals surface area contributed by atoms with Gasteiger partial charge in [0.15, 0.2) is 15.8 Å². The second kappa shape index (κ2) is 5.10. The lowest BCUT2D eigenvalue weighted by atomic mass is 10.2. The molecule has 0 aliphatic heterocycles. The quantitative estimate of drug-likeness (QED) is 0.913. The van der Waals surface area contributed by atoms with Crippen LogP contribution in [-0.2, 0) is 10.0 Å². The summed E-state index contributed by atoms with van der Waals surface area (Å²) in [7, 11) is -2.04. The van der Waals surface area contributed by atoms with Gasteiger partial charge >= 0.3 is 0 Å². The van der Waals surface area contributed by atoms with Crippen molar-refractivity contribution in [3.8, 4) is 0 Å². The number of rotatable bonds is 5. The van der Waals surface area contributed by atoms with E-state index in [2.05, 4.69) is 4.98 Å². The van der Waals surface area contributed by atoms with Gasteiger partial charge in [-0.05, 0) is 12.8 Å². The molecule has 0 saturated heterocycles. The first-order valence-corrected chi connectivity index (χ1v) is 8.44. The molecule has 0 amide bonds. The number of fused-ring (bicyclic) bond motifs is 1. The molecule has 0 spiro atoms. The van der Waals surface area contributed by atoms with Crippen molar-refractivity contribution < 1.29 is 8.42 Å². The maximum absolute atomic E-state index is 12.7. The fourth-order valence-electron chi connectivity index (χ4n) is 2.17. The lowest BCUT2D eigenvalue weighted by Crippen LogP contribution is -2.37. The average Bonchev–Trinajstić information content (AvgIpc) is 2.89. The van der Waals surface area contributed by atoms with Gasteiger partial charge in [-0.25, -0.2) is 13.4 Å². The SMILES string of the molecule is CCC(CC)N(C)S(=O)(=O)c1c(N)nc2sccn12. The van der Waals surface area contributed by atoms with Crippen molar-refractivity contribution >= 4 is 32.1 Å². The summed E-state index contributed by atoms with van der Waals surface area (Å²) in [5.74, 6) is 0.0599. The molecule has 2 N–H and O–H groups in total. The molecule has 0 unspecified atom stereocenters. The fourth-order valence-corrected chi connectivity index (χ4v) is 4.62. The molecule has 0 aliphatic carbocycles. The Bertz CT molecular complexity index is 670. The van der Waals surface area contributed by atoms with E-state index in [1.807, 2.05) is 13.8 Å². The monoisotopic (exact) mass is 302 g/mol. The summed E-state index contributed by atoms with van der Waals surface area (Å²) in [6.45, 7) is 3.94. The van der Waals surface area contributed by atoms with E-state index in [-0.39, 0.29) is 16.9 Å². The molecule has 2 rings (SSSR count). The summed E-state index contributed by atoms with van der Waals surface area (Å²) in [4.78, 5) is 4.68. The van der Waals surface area contributed by atoms with Gasteiger partial charge in [0.05, 0.1) is 0 Å². The number of nitrogen functional groups attached to an aromatic ring is 1. The number of imidazole rings is 1. The Balaban J connectivity index is 2.55. The molecule has 6 nitrogen and oxygen atoms in total. The van der Waals surface area contributed by atoms with Gasteiger partial charge < -0.3 is 5.73 Å². The smallest absolute Gasteiger partial charge is 0.262 e. The highest BCUT2D eigenvalue weighted by Crippen LogP contribution is 2.27. The van der Waals surface area contributed by atoms with Crippen molar-refractivity contribution in [3.05, 3.63) is 11.6 Å². The van der Waals surface area contributed by atoms with E-state index in [0.29, 0.717) is 4.96 Å². The molecular formula is C11H18N4O2S2. The number of nitrogens with two attached hydrogens (primary N) is 1. The summed E-state index contributed by atoms with van der Waals surface area (Å²) in [6, 6.07) is -0.0337. The number of hydrogen-bond donors (Lipinski definition) is 1. The summed E-state index contributed by atoms with van der Waals surface area (Å²) in [5.41, 5.74) is 5.77. The Morgan fingerprint density at radius 2 is 2.11 bits per heavy atom. The minimum absolute atomic E-state index is 0.0337. The number of thiazole rings is 1. The van der Waals surface area contributed by atoms with E-state index in [9.17, 15) is 8.42 Å². The highest BCUT2D eigenvalue weighted by atomic mass is 32.2. The van der Waals surface area contributed by atoms with E-state index in [0.717, 1.165) is 12.8 Å². The van der Waals surface area contributed by atoms with Gasteiger partial charge in [-0.3, -0.25) is 4.40 Å². The Hall–Kier alpha value is -1.12. The van der Waals surface area contributed by atoms with Crippen LogP contribution in [0.2, 0.25) is 0 Å². The largest absolute Gasteiger partial charge is 0.381 e. The van der Waals surface area contributed by atoms with E-state index in [1.165, 1.54) is 20.0 Å². The van der Waals surface area contributed by atoms with Gasteiger partial charge in [-0.1, -0.05) is 13.8 Å². The zero-order chi connectivity index (χ0) is 14.2. The van der Waals surface area contributed by atoms with E-state index in [1.54, 1.807) is 18.6 Å². The molecule has 2 heterocycles. The standard InChI is InChI=1S/C11H18N4O2S2/c1-4-8(5-2)14(3)19(16,17)10-9(12)13-11-15(10)6-7-18-11/h6-8H,4-5,12H2,1-3H3. The van der Waals surface area contributed by atoms with Gasteiger partial charge in [-0.15, -0.1) is 11.3 Å². The van der Waals surface area contributed by atoms with Crippen molar-refractivity contribution in [2.45, 2.75) is 37.8 Å². The third-order valence-electron chi connectivity index (χ3n) is 3.32. The highest BCUT2D eigenvalue weighted by Gasteiger charge is 2.31. The van der Waals surface area contributed by atoms with Crippen molar-refractivity contribution in [3.63, 3.8) is 0 Å². The molecule has 0 aromatic carbocycles. The predicted molar refractivity (Wildman–Crippen MR) is 76.8 cm³/mol. The maximum Gasteiger partial charge on any atom is 0.262 e. The minimum atomic E-state index is -3.63. The zero-order valence-corrected chi connectivity index (χ0v) is 12.8. The van der Waals surface area contributed by atoms with Crippen molar-refractivity contribution in [1.29, 1.82) is 0 Å². The van der Waals surface area contributed by atoms with Crippen LogP contribution in [0.15, 0.2) is 16.6 Å². The lowest BCUT2D eigenvalue weighted by molar-refractivity contribution is 0.348. The number of sulfonamides is 1. The zero-order valence-electron chi connectivity index (χ0n) is 11.2. The van der Waals surface area contributed by atoms with E-state index < -0.39 is 10.0 Å². The molecule has 8 heteroatoms. The van der Waals surface area contributed by atoms with Gasteiger partial charge in [-0.2, -0.15) is 4.31 Å². The second-order valence-corrected chi connectivity index (χ2v) is 7.14. The molecule has 0 atom stereocenters. The van der Waals surface area contributed by atoms with Gasteiger partial charge in [0.2, 0.25) is 0 Å². The van der Waals surface area contributed by atoms with Crippen LogP contribution in [0.25, 0.3) is 4.96 Å². The molecule has 19 heavy (non-hydrogen) atoms. The van der Waals surface area contributed by atoms with Crippen LogP contribution in [0.4, 0.5) is 5.82 Å². The summed E-state index contributed by atoms with van der Waals surface area (Å²) >= 11 is 1.36. The van der Waals surface area contributed by atoms with Crippen LogP contribution in [0.3, 0.4) is 0 Å². The second-order valence-electron chi connectivity index (χ2n) is 4.35. The highest BCUT2D eigenvalue weighted by molar-refractivity contribution is 7.89. The van der Waals surface area contributed by atoms with Gasteiger partial charge in [0.1, 0.15) is 0 Å². The number of nitrogens with zero attached hydrogens (tertiary/aromatic N) is 3. The summed E-state index contributed by atoms with van der Waals surface area (Å²) in [5, 5.41) is 1.86. The fraction of sp³-hybridized carbons (Fsp3) is 0.545.